The molecule has 0 saturated carbocycles. The van der Waals surface area contributed by atoms with Gasteiger partial charge >= 0.3 is 0 Å². The molecule has 0 aliphatic rings. The molecule has 2 rings (SSSR count). The standard InChI is InChI=1S/C15H20N4O3S/c1-4-19-14(17-18-15(19)23-9-13(16)20)10(2)22-12-7-5-6-11(8-12)21-3/h5-8,10H,4,9H2,1-3H3,(H2,16,20). The van der Waals surface area contributed by atoms with Crippen LogP contribution in [0.5, 0.6) is 11.5 Å². The second-order valence-corrected chi connectivity index (χ2v) is 5.72. The van der Waals surface area contributed by atoms with E-state index in [0.717, 1.165) is 5.75 Å². The zero-order valence-corrected chi connectivity index (χ0v) is 14.2. The Morgan fingerprint density at radius 1 is 1.39 bits per heavy atom. The minimum atomic E-state index is -0.386. The van der Waals surface area contributed by atoms with Gasteiger partial charge in [-0.05, 0) is 26.0 Å². The highest BCUT2D eigenvalue weighted by molar-refractivity contribution is 7.99. The van der Waals surface area contributed by atoms with Gasteiger partial charge in [0.05, 0.1) is 12.9 Å². The van der Waals surface area contributed by atoms with Gasteiger partial charge < -0.3 is 19.8 Å². The molecule has 7 nitrogen and oxygen atoms in total. The van der Waals surface area contributed by atoms with Crippen molar-refractivity contribution in [1.29, 1.82) is 0 Å². The van der Waals surface area contributed by atoms with Gasteiger partial charge in [-0.2, -0.15) is 0 Å². The maximum atomic E-state index is 10.9. The second kappa shape index (κ2) is 7.87. The van der Waals surface area contributed by atoms with Crippen LogP contribution in [0.2, 0.25) is 0 Å². The number of rotatable bonds is 8. The molecular formula is C15H20N4O3S. The summed E-state index contributed by atoms with van der Waals surface area (Å²) in [4.78, 5) is 10.9. The predicted octanol–water partition coefficient (Wildman–Crippen LogP) is 2.02. The van der Waals surface area contributed by atoms with Crippen molar-refractivity contribution in [3.8, 4) is 11.5 Å². The van der Waals surface area contributed by atoms with E-state index in [1.165, 1.54) is 11.8 Å². The highest BCUT2D eigenvalue weighted by Gasteiger charge is 2.19. The van der Waals surface area contributed by atoms with Gasteiger partial charge in [0, 0.05) is 12.6 Å². The maximum absolute atomic E-state index is 10.9. The van der Waals surface area contributed by atoms with Crippen molar-refractivity contribution >= 4 is 17.7 Å². The van der Waals surface area contributed by atoms with E-state index in [9.17, 15) is 4.79 Å². The third-order valence-corrected chi connectivity index (χ3v) is 4.11. The maximum Gasteiger partial charge on any atom is 0.227 e. The van der Waals surface area contributed by atoms with Gasteiger partial charge in [-0.15, -0.1) is 10.2 Å². The molecule has 1 aromatic carbocycles. The van der Waals surface area contributed by atoms with Gasteiger partial charge in [0.15, 0.2) is 17.1 Å². The number of nitrogens with zero attached hydrogens (tertiary/aromatic N) is 3. The van der Waals surface area contributed by atoms with Crippen LogP contribution in [-0.4, -0.2) is 33.5 Å². The lowest BCUT2D eigenvalue weighted by Gasteiger charge is -2.16. The summed E-state index contributed by atoms with van der Waals surface area (Å²) >= 11 is 1.27. The molecule has 1 unspecified atom stereocenters. The number of ether oxygens (including phenoxy) is 2. The molecule has 124 valence electrons. The topological polar surface area (TPSA) is 92.3 Å². The molecular weight excluding hydrogens is 316 g/mol. The number of hydrogen-bond acceptors (Lipinski definition) is 6. The van der Waals surface area contributed by atoms with Crippen LogP contribution in [0, 0.1) is 0 Å². The molecule has 1 atom stereocenters. The quantitative estimate of drug-likeness (QED) is 0.742. The number of amides is 1. The number of primary amides is 1. The zero-order chi connectivity index (χ0) is 16.8. The summed E-state index contributed by atoms with van der Waals surface area (Å²) in [6.45, 7) is 4.56. The van der Waals surface area contributed by atoms with Crippen LogP contribution in [0.15, 0.2) is 29.4 Å². The Hall–Kier alpha value is -2.22. The highest BCUT2D eigenvalue weighted by atomic mass is 32.2. The van der Waals surface area contributed by atoms with Crippen molar-refractivity contribution in [2.24, 2.45) is 5.73 Å². The van der Waals surface area contributed by atoms with Crippen molar-refractivity contribution in [3.05, 3.63) is 30.1 Å². The lowest BCUT2D eigenvalue weighted by Crippen LogP contribution is -2.15. The van der Waals surface area contributed by atoms with E-state index in [-0.39, 0.29) is 17.8 Å². The van der Waals surface area contributed by atoms with Crippen molar-refractivity contribution in [1.82, 2.24) is 14.8 Å². The van der Waals surface area contributed by atoms with Crippen LogP contribution >= 0.6 is 11.8 Å². The average molecular weight is 336 g/mol. The SMILES string of the molecule is CCn1c(SCC(N)=O)nnc1C(C)Oc1cccc(OC)c1. The molecule has 0 spiro atoms. The largest absolute Gasteiger partial charge is 0.497 e. The van der Waals surface area contributed by atoms with Crippen molar-refractivity contribution < 1.29 is 14.3 Å². The fourth-order valence-corrected chi connectivity index (χ4v) is 2.82. The number of carbonyl (C=O) groups is 1. The molecule has 1 amide bonds. The molecule has 0 aliphatic heterocycles. The first-order valence-electron chi connectivity index (χ1n) is 7.20. The number of nitrogens with two attached hydrogens (primary N) is 1. The van der Waals surface area contributed by atoms with Crippen LogP contribution in [0.1, 0.15) is 25.8 Å². The van der Waals surface area contributed by atoms with Crippen LogP contribution in [-0.2, 0) is 11.3 Å². The second-order valence-electron chi connectivity index (χ2n) is 4.78. The van der Waals surface area contributed by atoms with Crippen molar-refractivity contribution in [3.63, 3.8) is 0 Å². The monoisotopic (exact) mass is 336 g/mol. The minimum absolute atomic E-state index is 0.170. The Kier molecular flexibility index (Phi) is 5.86. The molecule has 8 heteroatoms. The van der Waals surface area contributed by atoms with E-state index in [0.29, 0.717) is 23.3 Å². The normalized spacial score (nSPS) is 12.0. The number of benzene rings is 1. The van der Waals surface area contributed by atoms with E-state index in [1.807, 2.05) is 42.7 Å². The van der Waals surface area contributed by atoms with Gasteiger partial charge in [-0.1, -0.05) is 17.8 Å². The summed E-state index contributed by atoms with van der Waals surface area (Å²) in [7, 11) is 1.61. The number of carbonyl (C=O) groups excluding carboxylic acids is 1. The summed E-state index contributed by atoms with van der Waals surface area (Å²) in [6.07, 6.45) is -0.294. The van der Waals surface area contributed by atoms with Crippen LogP contribution in [0.3, 0.4) is 0 Å². The molecule has 0 radical (unpaired) electrons. The fourth-order valence-electron chi connectivity index (χ4n) is 2.07. The lowest BCUT2D eigenvalue weighted by atomic mass is 10.3. The van der Waals surface area contributed by atoms with E-state index >= 15 is 0 Å². The van der Waals surface area contributed by atoms with Gasteiger partial charge in [-0.3, -0.25) is 4.79 Å². The van der Waals surface area contributed by atoms with Gasteiger partial charge in [0.2, 0.25) is 5.91 Å². The smallest absolute Gasteiger partial charge is 0.227 e. The molecule has 0 fully saturated rings. The number of thioether (sulfide) groups is 1. The zero-order valence-electron chi connectivity index (χ0n) is 13.4. The summed E-state index contributed by atoms with van der Waals surface area (Å²) < 4.78 is 13.0. The van der Waals surface area contributed by atoms with E-state index in [4.69, 9.17) is 15.2 Å². The Morgan fingerprint density at radius 3 is 2.78 bits per heavy atom. The first-order chi connectivity index (χ1) is 11.0. The van der Waals surface area contributed by atoms with Crippen molar-refractivity contribution in [2.75, 3.05) is 12.9 Å². The van der Waals surface area contributed by atoms with Crippen LogP contribution in [0.4, 0.5) is 0 Å². The summed E-state index contributed by atoms with van der Waals surface area (Å²) in [5.74, 6) is 1.90. The summed E-state index contributed by atoms with van der Waals surface area (Å²) in [5, 5.41) is 8.96. The van der Waals surface area contributed by atoms with E-state index in [1.54, 1.807) is 7.11 Å². The summed E-state index contributed by atoms with van der Waals surface area (Å²) in [6, 6.07) is 7.38. The predicted molar refractivity (Wildman–Crippen MR) is 87.7 cm³/mol. The Balaban J connectivity index is 2.15. The van der Waals surface area contributed by atoms with Crippen molar-refractivity contribution in [2.45, 2.75) is 31.7 Å². The van der Waals surface area contributed by atoms with Crippen LogP contribution in [0.25, 0.3) is 0 Å². The van der Waals surface area contributed by atoms with Gasteiger partial charge in [-0.25, -0.2) is 0 Å². The number of aromatic nitrogens is 3. The molecule has 0 saturated heterocycles. The van der Waals surface area contributed by atoms with Gasteiger partial charge in [0.25, 0.3) is 0 Å². The highest BCUT2D eigenvalue weighted by Crippen LogP contribution is 2.26. The van der Waals surface area contributed by atoms with E-state index < -0.39 is 0 Å². The molecule has 23 heavy (non-hydrogen) atoms. The minimum Gasteiger partial charge on any atom is -0.497 e. The Morgan fingerprint density at radius 2 is 2.13 bits per heavy atom. The number of methoxy groups -OCH3 is 1. The molecule has 1 heterocycles. The molecule has 0 bridgehead atoms. The first kappa shape index (κ1) is 17.1. The van der Waals surface area contributed by atoms with Gasteiger partial charge in [0.1, 0.15) is 11.5 Å². The third-order valence-electron chi connectivity index (χ3n) is 3.12. The number of hydrogen-bond donors (Lipinski definition) is 1. The van der Waals surface area contributed by atoms with E-state index in [2.05, 4.69) is 10.2 Å². The first-order valence-corrected chi connectivity index (χ1v) is 8.18. The fraction of sp³-hybridized carbons (Fsp3) is 0.400. The molecule has 1 aromatic heterocycles. The Labute approximate surface area is 139 Å². The third kappa shape index (κ3) is 4.38. The molecule has 2 N–H and O–H groups in total. The van der Waals surface area contributed by atoms with Crippen LogP contribution < -0.4 is 15.2 Å². The molecule has 2 aromatic rings. The molecule has 0 aliphatic carbocycles. The summed E-state index contributed by atoms with van der Waals surface area (Å²) in [5.41, 5.74) is 5.17. The average Bonchev–Trinajstić information content (AvgIpc) is 2.96. The lowest BCUT2D eigenvalue weighted by molar-refractivity contribution is -0.115. The Bertz CT molecular complexity index is 674.